The van der Waals surface area contributed by atoms with Crippen molar-refractivity contribution in [3.8, 4) is 0 Å². The molecule has 1 unspecified atom stereocenters. The highest BCUT2D eigenvalue weighted by molar-refractivity contribution is 5.77. The average Bonchev–Trinajstić information content (AvgIpc) is 3.07. The molecule has 0 saturated carbocycles. The van der Waals surface area contributed by atoms with Gasteiger partial charge in [-0.3, -0.25) is 9.69 Å². The van der Waals surface area contributed by atoms with Crippen LogP contribution < -0.4 is 5.32 Å². The molecule has 1 N–H and O–H groups in total. The smallest absolute Gasteiger partial charge is 0.233 e. The van der Waals surface area contributed by atoms with Crippen molar-refractivity contribution in [3.63, 3.8) is 0 Å². The second kappa shape index (κ2) is 6.41. The molecule has 20 heavy (non-hydrogen) atoms. The van der Waals surface area contributed by atoms with Crippen molar-refractivity contribution in [1.82, 2.24) is 15.1 Å². The molecule has 0 aromatic heterocycles. The number of likely N-dealkylation sites (N-methyl/N-ethyl adjacent to an activating group) is 1. The van der Waals surface area contributed by atoms with Gasteiger partial charge in [-0.05, 0) is 37.1 Å². The molecule has 114 valence electrons. The second-order valence-electron chi connectivity index (χ2n) is 6.67. The number of amides is 1. The number of likely N-dealkylation sites (tertiary alicyclic amines) is 2. The van der Waals surface area contributed by atoms with Crippen molar-refractivity contribution in [3.05, 3.63) is 0 Å². The van der Waals surface area contributed by atoms with Crippen LogP contribution in [0.2, 0.25) is 0 Å². The predicted octanol–water partition coefficient (Wildman–Crippen LogP) is 0.0226. The number of carbonyl (C=O) groups is 1. The number of rotatable bonds is 4. The summed E-state index contributed by atoms with van der Waals surface area (Å²) in [5.74, 6) is 2.49. The first kappa shape index (κ1) is 14.3. The second-order valence-corrected chi connectivity index (χ2v) is 6.67. The summed E-state index contributed by atoms with van der Waals surface area (Å²) >= 11 is 0. The van der Waals surface area contributed by atoms with Gasteiger partial charge < -0.3 is 15.0 Å². The third kappa shape index (κ3) is 3.32. The highest BCUT2D eigenvalue weighted by Crippen LogP contribution is 2.32. The molecule has 3 fully saturated rings. The van der Waals surface area contributed by atoms with Gasteiger partial charge in [0.2, 0.25) is 5.91 Å². The van der Waals surface area contributed by atoms with E-state index < -0.39 is 0 Å². The van der Waals surface area contributed by atoms with Gasteiger partial charge in [0.05, 0.1) is 13.2 Å². The molecule has 5 nitrogen and oxygen atoms in total. The lowest BCUT2D eigenvalue weighted by atomic mass is 9.89. The maximum atomic E-state index is 11.5. The lowest BCUT2D eigenvalue weighted by Crippen LogP contribution is -2.44. The normalized spacial score (nSPS) is 35.1. The maximum Gasteiger partial charge on any atom is 0.233 e. The van der Waals surface area contributed by atoms with E-state index in [4.69, 9.17) is 4.74 Å². The van der Waals surface area contributed by atoms with E-state index in [9.17, 15) is 4.79 Å². The van der Waals surface area contributed by atoms with E-state index in [2.05, 4.69) is 15.1 Å². The first-order chi connectivity index (χ1) is 9.74. The highest BCUT2D eigenvalue weighted by atomic mass is 16.5. The Balaban J connectivity index is 1.47. The number of nitrogens with one attached hydrogen (secondary N) is 1. The molecule has 5 heteroatoms. The summed E-state index contributed by atoms with van der Waals surface area (Å²) in [6, 6.07) is 0. The zero-order valence-corrected chi connectivity index (χ0v) is 12.5. The molecule has 3 aliphatic rings. The summed E-state index contributed by atoms with van der Waals surface area (Å²) in [7, 11) is 1.72. The molecule has 3 aliphatic heterocycles. The van der Waals surface area contributed by atoms with E-state index in [1.165, 1.54) is 32.5 Å². The number of carbonyl (C=O) groups excluding carboxylic acids is 1. The van der Waals surface area contributed by atoms with Gasteiger partial charge in [0.1, 0.15) is 0 Å². The first-order valence-corrected chi connectivity index (χ1v) is 7.97. The molecule has 3 atom stereocenters. The number of fused-ring (bicyclic) bond motifs is 1. The molecule has 0 spiro atoms. The summed E-state index contributed by atoms with van der Waals surface area (Å²) in [4.78, 5) is 16.4. The molecular weight excluding hydrogens is 254 g/mol. The standard InChI is InChI=1S/C15H27N3O2/c1-16-15(19)10-17-4-2-13-7-18(9-14(13)8-17)6-12-3-5-20-11-12/h12-14H,2-11H2,1H3,(H,16,19)/t12?,13-,14+/m0/s1. The van der Waals surface area contributed by atoms with Crippen LogP contribution in [0.5, 0.6) is 0 Å². The average molecular weight is 281 g/mol. The van der Waals surface area contributed by atoms with E-state index in [1.807, 2.05) is 0 Å². The SMILES string of the molecule is CNC(=O)CN1CC[C@H]2CN(CC3CCOC3)C[C@H]2C1. The third-order valence-electron chi connectivity index (χ3n) is 5.15. The minimum Gasteiger partial charge on any atom is -0.381 e. The largest absolute Gasteiger partial charge is 0.381 e. The van der Waals surface area contributed by atoms with Crippen LogP contribution in [-0.4, -0.2) is 75.2 Å². The van der Waals surface area contributed by atoms with Crippen LogP contribution in [0, 0.1) is 17.8 Å². The zero-order chi connectivity index (χ0) is 13.9. The molecule has 0 aliphatic carbocycles. The topological polar surface area (TPSA) is 44.8 Å². The van der Waals surface area contributed by atoms with Crippen LogP contribution in [-0.2, 0) is 9.53 Å². The van der Waals surface area contributed by atoms with Crippen LogP contribution in [0.3, 0.4) is 0 Å². The predicted molar refractivity (Wildman–Crippen MR) is 77.5 cm³/mol. The van der Waals surface area contributed by atoms with Crippen molar-refractivity contribution >= 4 is 5.91 Å². The number of piperidine rings is 1. The Kier molecular flexibility index (Phi) is 4.58. The Morgan fingerprint density at radius 1 is 1.20 bits per heavy atom. The summed E-state index contributed by atoms with van der Waals surface area (Å²) in [5.41, 5.74) is 0. The fourth-order valence-corrected chi connectivity index (χ4v) is 4.01. The first-order valence-electron chi connectivity index (χ1n) is 7.97. The van der Waals surface area contributed by atoms with Gasteiger partial charge in [0.25, 0.3) is 0 Å². The van der Waals surface area contributed by atoms with Crippen LogP contribution in [0.15, 0.2) is 0 Å². The quantitative estimate of drug-likeness (QED) is 0.789. The summed E-state index contributed by atoms with van der Waals surface area (Å²) in [6.07, 6.45) is 2.48. The van der Waals surface area contributed by atoms with Crippen LogP contribution in [0.4, 0.5) is 0 Å². The Morgan fingerprint density at radius 3 is 2.75 bits per heavy atom. The van der Waals surface area contributed by atoms with Gasteiger partial charge in [-0.15, -0.1) is 0 Å². The molecule has 0 radical (unpaired) electrons. The molecule has 0 aromatic carbocycles. The number of hydrogen-bond acceptors (Lipinski definition) is 4. The number of nitrogens with zero attached hydrogens (tertiary/aromatic N) is 2. The lowest BCUT2D eigenvalue weighted by Gasteiger charge is -2.33. The summed E-state index contributed by atoms with van der Waals surface area (Å²) in [6.45, 7) is 8.32. The fraction of sp³-hybridized carbons (Fsp3) is 0.933. The van der Waals surface area contributed by atoms with Gasteiger partial charge >= 0.3 is 0 Å². The molecule has 3 heterocycles. The van der Waals surface area contributed by atoms with Crippen molar-refractivity contribution < 1.29 is 9.53 Å². The van der Waals surface area contributed by atoms with Gasteiger partial charge in [-0.2, -0.15) is 0 Å². The van der Waals surface area contributed by atoms with E-state index in [1.54, 1.807) is 7.05 Å². The van der Waals surface area contributed by atoms with Crippen molar-refractivity contribution in [2.24, 2.45) is 17.8 Å². The Morgan fingerprint density at radius 2 is 2.00 bits per heavy atom. The van der Waals surface area contributed by atoms with E-state index in [0.717, 1.165) is 44.1 Å². The minimum atomic E-state index is 0.140. The molecule has 3 saturated heterocycles. The summed E-state index contributed by atoms with van der Waals surface area (Å²) < 4.78 is 5.48. The maximum absolute atomic E-state index is 11.5. The number of ether oxygens (including phenoxy) is 1. The molecule has 1 amide bonds. The van der Waals surface area contributed by atoms with E-state index in [0.29, 0.717) is 6.54 Å². The fourth-order valence-electron chi connectivity index (χ4n) is 4.01. The molecular formula is C15H27N3O2. The molecule has 0 bridgehead atoms. The summed E-state index contributed by atoms with van der Waals surface area (Å²) in [5, 5.41) is 2.72. The van der Waals surface area contributed by atoms with Crippen LogP contribution >= 0.6 is 0 Å². The molecule has 0 aromatic rings. The van der Waals surface area contributed by atoms with E-state index in [-0.39, 0.29) is 5.91 Å². The van der Waals surface area contributed by atoms with Crippen molar-refractivity contribution in [2.75, 3.05) is 59.5 Å². The van der Waals surface area contributed by atoms with Crippen LogP contribution in [0.25, 0.3) is 0 Å². The Hall–Kier alpha value is -0.650. The van der Waals surface area contributed by atoms with Gasteiger partial charge in [0.15, 0.2) is 0 Å². The van der Waals surface area contributed by atoms with Gasteiger partial charge in [-0.25, -0.2) is 0 Å². The zero-order valence-electron chi connectivity index (χ0n) is 12.5. The van der Waals surface area contributed by atoms with Crippen molar-refractivity contribution in [1.29, 1.82) is 0 Å². The third-order valence-corrected chi connectivity index (χ3v) is 5.15. The Labute approximate surface area is 121 Å². The van der Waals surface area contributed by atoms with Crippen LogP contribution in [0.1, 0.15) is 12.8 Å². The van der Waals surface area contributed by atoms with Crippen molar-refractivity contribution in [2.45, 2.75) is 12.8 Å². The number of hydrogen-bond donors (Lipinski definition) is 1. The Bertz CT molecular complexity index is 344. The van der Waals surface area contributed by atoms with Gasteiger partial charge in [-0.1, -0.05) is 0 Å². The van der Waals surface area contributed by atoms with E-state index >= 15 is 0 Å². The lowest BCUT2D eigenvalue weighted by molar-refractivity contribution is -0.122. The van der Waals surface area contributed by atoms with Gasteiger partial charge in [0, 0.05) is 39.8 Å². The minimum absolute atomic E-state index is 0.140. The molecule has 3 rings (SSSR count). The highest BCUT2D eigenvalue weighted by Gasteiger charge is 2.37. The monoisotopic (exact) mass is 281 g/mol.